The van der Waals surface area contributed by atoms with Crippen molar-refractivity contribution in [1.29, 1.82) is 0 Å². The number of benzene rings is 1. The fourth-order valence-corrected chi connectivity index (χ4v) is 3.06. The Balaban J connectivity index is 0.00000261. The number of hydrogen-bond donors (Lipinski definition) is 3. The van der Waals surface area contributed by atoms with Crippen LogP contribution in [0.4, 0.5) is 4.39 Å². The summed E-state index contributed by atoms with van der Waals surface area (Å²) in [7, 11) is 0. The SMILES string of the molecule is CCNC(=NCC1(c2ccccc2F)CC1)NCC(O)COCC1CC1.I. The molecular formula is C20H31FIN3O2. The van der Waals surface area contributed by atoms with Crippen molar-refractivity contribution in [3.8, 4) is 0 Å². The topological polar surface area (TPSA) is 65.9 Å². The number of rotatable bonds is 10. The monoisotopic (exact) mass is 491 g/mol. The Morgan fingerprint density at radius 3 is 2.70 bits per heavy atom. The van der Waals surface area contributed by atoms with Crippen molar-refractivity contribution in [2.24, 2.45) is 10.9 Å². The third-order valence-corrected chi connectivity index (χ3v) is 5.05. The molecule has 0 amide bonds. The summed E-state index contributed by atoms with van der Waals surface area (Å²) in [5.74, 6) is 1.19. The molecule has 0 spiro atoms. The Kier molecular flexibility index (Phi) is 8.75. The molecule has 1 aromatic carbocycles. The molecule has 0 aromatic heterocycles. The van der Waals surface area contributed by atoms with E-state index in [0.717, 1.165) is 31.6 Å². The second kappa shape index (κ2) is 10.6. The van der Waals surface area contributed by atoms with E-state index in [0.29, 0.717) is 31.6 Å². The lowest BCUT2D eigenvalue weighted by molar-refractivity contribution is 0.0345. The third kappa shape index (κ3) is 6.87. The molecule has 0 saturated heterocycles. The fraction of sp³-hybridized carbons (Fsp3) is 0.650. The summed E-state index contributed by atoms with van der Waals surface area (Å²) in [6, 6.07) is 6.97. The number of halogens is 2. The first-order valence-electron chi connectivity index (χ1n) is 9.66. The highest BCUT2D eigenvalue weighted by molar-refractivity contribution is 14.0. The Labute approximate surface area is 178 Å². The van der Waals surface area contributed by atoms with Gasteiger partial charge in [-0.1, -0.05) is 18.2 Å². The Hall–Kier alpha value is -0.930. The highest BCUT2D eigenvalue weighted by Gasteiger charge is 2.45. The first-order chi connectivity index (χ1) is 12.6. The van der Waals surface area contributed by atoms with Crippen LogP contribution in [0.15, 0.2) is 29.3 Å². The quantitative estimate of drug-likeness (QED) is 0.268. The van der Waals surface area contributed by atoms with E-state index in [2.05, 4.69) is 15.6 Å². The van der Waals surface area contributed by atoms with Crippen molar-refractivity contribution in [3.05, 3.63) is 35.6 Å². The molecule has 3 rings (SSSR count). The minimum atomic E-state index is -0.570. The van der Waals surface area contributed by atoms with E-state index in [1.165, 1.54) is 18.9 Å². The van der Waals surface area contributed by atoms with Crippen molar-refractivity contribution in [1.82, 2.24) is 10.6 Å². The lowest BCUT2D eigenvalue weighted by atomic mass is 9.95. The summed E-state index contributed by atoms with van der Waals surface area (Å²) >= 11 is 0. The highest BCUT2D eigenvalue weighted by Crippen LogP contribution is 2.49. The van der Waals surface area contributed by atoms with Gasteiger partial charge in [-0.15, -0.1) is 24.0 Å². The summed E-state index contributed by atoms with van der Waals surface area (Å²) in [5, 5.41) is 16.4. The van der Waals surface area contributed by atoms with Crippen LogP contribution in [-0.2, 0) is 10.2 Å². The van der Waals surface area contributed by atoms with Gasteiger partial charge in [-0.25, -0.2) is 4.39 Å². The van der Waals surface area contributed by atoms with Crippen LogP contribution in [0.3, 0.4) is 0 Å². The molecule has 3 N–H and O–H groups in total. The van der Waals surface area contributed by atoms with E-state index >= 15 is 0 Å². The van der Waals surface area contributed by atoms with Gasteiger partial charge in [0.1, 0.15) is 5.82 Å². The Morgan fingerprint density at radius 2 is 2.07 bits per heavy atom. The molecule has 0 aliphatic heterocycles. The molecule has 5 nitrogen and oxygen atoms in total. The maximum Gasteiger partial charge on any atom is 0.191 e. The average molecular weight is 491 g/mol. The Bertz CT molecular complexity index is 621. The molecule has 2 saturated carbocycles. The third-order valence-electron chi connectivity index (χ3n) is 5.05. The highest BCUT2D eigenvalue weighted by atomic mass is 127. The van der Waals surface area contributed by atoms with Gasteiger partial charge in [-0.2, -0.15) is 0 Å². The van der Waals surface area contributed by atoms with Crippen LogP contribution in [0.25, 0.3) is 0 Å². The van der Waals surface area contributed by atoms with Gasteiger partial charge in [0.15, 0.2) is 5.96 Å². The fourth-order valence-electron chi connectivity index (χ4n) is 3.06. The van der Waals surface area contributed by atoms with Gasteiger partial charge in [0, 0.05) is 25.1 Å². The Morgan fingerprint density at radius 1 is 1.33 bits per heavy atom. The molecule has 1 atom stereocenters. The van der Waals surface area contributed by atoms with E-state index in [-0.39, 0.29) is 35.2 Å². The van der Waals surface area contributed by atoms with Crippen molar-refractivity contribution in [2.75, 3.05) is 32.8 Å². The molecule has 0 bridgehead atoms. The van der Waals surface area contributed by atoms with E-state index in [1.54, 1.807) is 6.07 Å². The van der Waals surface area contributed by atoms with E-state index in [1.807, 2.05) is 19.1 Å². The standard InChI is InChI=1S/C20H30FN3O2.HI/c1-2-22-19(23-11-16(25)13-26-12-15-7-8-15)24-14-20(9-10-20)17-5-3-4-6-18(17)21;/h3-6,15-16,25H,2,7-14H2,1H3,(H2,22,23,24);1H. The van der Waals surface area contributed by atoms with Crippen molar-refractivity contribution < 1.29 is 14.2 Å². The summed E-state index contributed by atoms with van der Waals surface area (Å²) in [5.41, 5.74) is 0.577. The molecule has 0 radical (unpaired) electrons. The van der Waals surface area contributed by atoms with Gasteiger partial charge in [0.25, 0.3) is 0 Å². The van der Waals surface area contributed by atoms with Gasteiger partial charge < -0.3 is 20.5 Å². The molecule has 7 heteroatoms. The number of aliphatic hydroxyl groups is 1. The summed E-state index contributed by atoms with van der Waals surface area (Å²) in [6.07, 6.45) is 3.83. The van der Waals surface area contributed by atoms with Gasteiger partial charge in [-0.3, -0.25) is 4.99 Å². The van der Waals surface area contributed by atoms with Gasteiger partial charge in [0.05, 0.1) is 19.3 Å². The number of hydrogen-bond acceptors (Lipinski definition) is 3. The molecule has 0 heterocycles. The molecule has 1 unspecified atom stereocenters. The molecule has 27 heavy (non-hydrogen) atoms. The van der Waals surface area contributed by atoms with Crippen LogP contribution in [0.2, 0.25) is 0 Å². The zero-order valence-electron chi connectivity index (χ0n) is 15.9. The summed E-state index contributed by atoms with van der Waals surface area (Å²) in [6.45, 7) is 4.72. The minimum absolute atomic E-state index is 0. The largest absolute Gasteiger partial charge is 0.389 e. The second-order valence-electron chi connectivity index (χ2n) is 7.47. The number of nitrogens with zero attached hydrogens (tertiary/aromatic N) is 1. The molecule has 2 fully saturated rings. The summed E-state index contributed by atoms with van der Waals surface area (Å²) in [4.78, 5) is 4.63. The van der Waals surface area contributed by atoms with Crippen LogP contribution in [-0.4, -0.2) is 50.0 Å². The van der Waals surface area contributed by atoms with E-state index < -0.39 is 6.10 Å². The molecule has 152 valence electrons. The minimum Gasteiger partial charge on any atom is -0.389 e. The summed E-state index contributed by atoms with van der Waals surface area (Å²) < 4.78 is 19.6. The van der Waals surface area contributed by atoms with Crippen molar-refractivity contribution >= 4 is 29.9 Å². The molecular weight excluding hydrogens is 460 g/mol. The van der Waals surface area contributed by atoms with Crippen LogP contribution in [0, 0.1) is 11.7 Å². The molecule has 2 aliphatic rings. The van der Waals surface area contributed by atoms with E-state index in [4.69, 9.17) is 4.74 Å². The smallest absolute Gasteiger partial charge is 0.191 e. The first kappa shape index (κ1) is 22.4. The van der Waals surface area contributed by atoms with Crippen LogP contribution >= 0.6 is 24.0 Å². The first-order valence-corrected chi connectivity index (χ1v) is 9.66. The lowest BCUT2D eigenvalue weighted by Crippen LogP contribution is -2.42. The van der Waals surface area contributed by atoms with Gasteiger partial charge in [-0.05, 0) is 50.2 Å². The van der Waals surface area contributed by atoms with Crippen LogP contribution < -0.4 is 10.6 Å². The zero-order chi connectivity index (χ0) is 18.4. The lowest BCUT2D eigenvalue weighted by Gasteiger charge is -2.18. The van der Waals surface area contributed by atoms with E-state index in [9.17, 15) is 9.50 Å². The maximum absolute atomic E-state index is 14.1. The zero-order valence-corrected chi connectivity index (χ0v) is 18.2. The van der Waals surface area contributed by atoms with Crippen molar-refractivity contribution in [3.63, 3.8) is 0 Å². The predicted octanol–water partition coefficient (Wildman–Crippen LogP) is 2.82. The number of aliphatic imine (C=N–C) groups is 1. The molecule has 1 aromatic rings. The number of nitrogens with one attached hydrogen (secondary N) is 2. The molecule has 2 aliphatic carbocycles. The van der Waals surface area contributed by atoms with Crippen LogP contribution in [0.5, 0.6) is 0 Å². The van der Waals surface area contributed by atoms with Crippen LogP contribution in [0.1, 0.15) is 38.2 Å². The van der Waals surface area contributed by atoms with Gasteiger partial charge >= 0.3 is 0 Å². The normalized spacial score (nSPS) is 19.1. The average Bonchev–Trinajstić information content (AvgIpc) is 3.54. The second-order valence-corrected chi connectivity index (χ2v) is 7.47. The number of aliphatic hydroxyl groups excluding tert-OH is 1. The van der Waals surface area contributed by atoms with Crippen molar-refractivity contribution in [2.45, 2.75) is 44.1 Å². The number of guanidine groups is 1. The predicted molar refractivity (Wildman–Crippen MR) is 116 cm³/mol. The van der Waals surface area contributed by atoms with Gasteiger partial charge in [0.2, 0.25) is 0 Å². The number of ether oxygens (including phenoxy) is 1. The maximum atomic E-state index is 14.1.